The summed E-state index contributed by atoms with van der Waals surface area (Å²) in [5.74, 6) is 0. The molecule has 0 saturated heterocycles. The van der Waals surface area contributed by atoms with Crippen molar-refractivity contribution in [2.75, 3.05) is 5.73 Å². The zero-order valence-electron chi connectivity index (χ0n) is 5.36. The fourth-order valence-corrected chi connectivity index (χ4v) is 1.29. The summed E-state index contributed by atoms with van der Waals surface area (Å²) < 4.78 is 21.3. The molecule has 60 valence electrons. The van der Waals surface area contributed by atoms with Crippen LogP contribution in [0.5, 0.6) is 0 Å². The van der Waals surface area contributed by atoms with E-state index < -0.39 is 9.05 Å². The van der Waals surface area contributed by atoms with Crippen LogP contribution in [0.3, 0.4) is 0 Å². The second-order valence-electron chi connectivity index (χ2n) is 1.89. The van der Waals surface area contributed by atoms with E-state index in [1.165, 1.54) is 12.3 Å². The summed E-state index contributed by atoms with van der Waals surface area (Å²) in [4.78, 5) is 3.48. The van der Waals surface area contributed by atoms with Gasteiger partial charge in [-0.15, -0.1) is 0 Å². The number of hydrogen-bond acceptors (Lipinski definition) is 4. The molecule has 0 aliphatic carbocycles. The minimum Gasteiger partial charge on any atom is -0.397 e. The lowest BCUT2D eigenvalue weighted by Crippen LogP contribution is -1.94. The van der Waals surface area contributed by atoms with Crippen molar-refractivity contribution >= 4 is 25.4 Å². The molecule has 0 aromatic carbocycles. The Morgan fingerprint density at radius 2 is 2.09 bits per heavy atom. The van der Waals surface area contributed by atoms with Gasteiger partial charge >= 0.3 is 0 Å². The summed E-state index contributed by atoms with van der Waals surface area (Å²) in [5, 5.41) is 0. The Kier molecular flexibility index (Phi) is 2.01. The summed E-state index contributed by atoms with van der Waals surface area (Å²) in [6, 6.07) is 1.25. The van der Waals surface area contributed by atoms with Crippen LogP contribution in [-0.4, -0.2) is 13.4 Å². The molecule has 0 saturated carbocycles. The second kappa shape index (κ2) is 2.67. The summed E-state index contributed by atoms with van der Waals surface area (Å²) in [5.41, 5.74) is 5.54. The van der Waals surface area contributed by atoms with Crippen LogP contribution < -0.4 is 5.73 Å². The van der Waals surface area contributed by atoms with Gasteiger partial charge in [0.15, 0.2) is 0 Å². The molecule has 0 aliphatic rings. The van der Waals surface area contributed by atoms with Crippen LogP contribution in [0.15, 0.2) is 23.4 Å². The maximum Gasteiger partial charge on any atom is 0.262 e. The fraction of sp³-hybridized carbons (Fsp3) is 0. The van der Waals surface area contributed by atoms with E-state index in [0.717, 1.165) is 6.20 Å². The van der Waals surface area contributed by atoms with Gasteiger partial charge in [0.25, 0.3) is 9.05 Å². The Labute approximate surface area is 68.4 Å². The predicted molar refractivity (Wildman–Crippen MR) is 41.7 cm³/mol. The minimum absolute atomic E-state index is 0.0841. The number of nitrogen functional groups attached to an aromatic ring is 1. The van der Waals surface area contributed by atoms with Gasteiger partial charge in [0.05, 0.1) is 5.69 Å². The summed E-state index contributed by atoms with van der Waals surface area (Å²) in [7, 11) is 1.31. The fourth-order valence-electron chi connectivity index (χ4n) is 0.569. The summed E-state index contributed by atoms with van der Waals surface area (Å²) in [6.45, 7) is 0. The third kappa shape index (κ3) is 2.06. The molecule has 0 amide bonds. The van der Waals surface area contributed by atoms with Gasteiger partial charge in [-0.3, -0.25) is 4.98 Å². The van der Waals surface area contributed by atoms with Crippen LogP contribution in [0.2, 0.25) is 0 Å². The van der Waals surface area contributed by atoms with Crippen LogP contribution in [0.1, 0.15) is 0 Å². The van der Waals surface area contributed by atoms with Crippen molar-refractivity contribution in [3.05, 3.63) is 18.5 Å². The molecule has 1 rings (SSSR count). The Hall–Kier alpha value is -0.810. The van der Waals surface area contributed by atoms with E-state index in [-0.39, 0.29) is 10.6 Å². The number of nitrogens with zero attached hydrogens (tertiary/aromatic N) is 1. The normalized spacial score (nSPS) is 11.4. The largest absolute Gasteiger partial charge is 0.397 e. The number of aromatic nitrogens is 1. The molecular weight excluding hydrogens is 188 g/mol. The van der Waals surface area contributed by atoms with Gasteiger partial charge in [-0.2, -0.15) is 0 Å². The first-order chi connectivity index (χ1) is 5.00. The van der Waals surface area contributed by atoms with Crippen molar-refractivity contribution in [3.63, 3.8) is 0 Å². The molecule has 1 aromatic rings. The SMILES string of the molecule is Nc1cncc(S(=O)(=O)Cl)c1. The van der Waals surface area contributed by atoms with Crippen molar-refractivity contribution in [3.8, 4) is 0 Å². The molecule has 0 atom stereocenters. The molecule has 4 nitrogen and oxygen atoms in total. The van der Waals surface area contributed by atoms with E-state index in [2.05, 4.69) is 4.98 Å². The highest BCUT2D eigenvalue weighted by atomic mass is 35.7. The standard InChI is InChI=1S/C5H5ClN2O2S/c6-11(9,10)5-1-4(7)2-8-3-5/h1-3H,7H2. The molecule has 0 spiro atoms. The minimum atomic E-state index is -3.70. The highest BCUT2D eigenvalue weighted by Crippen LogP contribution is 2.14. The van der Waals surface area contributed by atoms with Crippen molar-refractivity contribution in [1.82, 2.24) is 4.98 Å². The predicted octanol–water partition coefficient (Wildman–Crippen LogP) is 0.591. The van der Waals surface area contributed by atoms with E-state index in [4.69, 9.17) is 16.4 Å². The van der Waals surface area contributed by atoms with Gasteiger partial charge in [0.1, 0.15) is 4.90 Å². The zero-order chi connectivity index (χ0) is 8.48. The van der Waals surface area contributed by atoms with Gasteiger partial charge in [0.2, 0.25) is 0 Å². The number of pyridine rings is 1. The van der Waals surface area contributed by atoms with Crippen molar-refractivity contribution in [1.29, 1.82) is 0 Å². The highest BCUT2D eigenvalue weighted by Gasteiger charge is 2.09. The molecule has 0 fully saturated rings. The van der Waals surface area contributed by atoms with Gasteiger partial charge < -0.3 is 5.73 Å². The quantitative estimate of drug-likeness (QED) is 0.661. The van der Waals surface area contributed by atoms with Gasteiger partial charge in [-0.1, -0.05) is 0 Å². The van der Waals surface area contributed by atoms with E-state index >= 15 is 0 Å². The first-order valence-electron chi connectivity index (χ1n) is 2.65. The van der Waals surface area contributed by atoms with Gasteiger partial charge in [-0.05, 0) is 6.07 Å². The molecule has 11 heavy (non-hydrogen) atoms. The van der Waals surface area contributed by atoms with Crippen molar-refractivity contribution in [2.45, 2.75) is 4.90 Å². The Morgan fingerprint density at radius 3 is 2.45 bits per heavy atom. The molecule has 0 aliphatic heterocycles. The van der Waals surface area contributed by atoms with E-state index in [1.54, 1.807) is 0 Å². The maximum absolute atomic E-state index is 10.7. The number of rotatable bonds is 1. The van der Waals surface area contributed by atoms with E-state index in [0.29, 0.717) is 0 Å². The van der Waals surface area contributed by atoms with E-state index in [1.807, 2.05) is 0 Å². The highest BCUT2D eigenvalue weighted by molar-refractivity contribution is 8.13. The van der Waals surface area contributed by atoms with Crippen LogP contribution in [0.4, 0.5) is 5.69 Å². The Balaban J connectivity index is 3.28. The number of anilines is 1. The van der Waals surface area contributed by atoms with Gasteiger partial charge in [-0.25, -0.2) is 8.42 Å². The number of nitrogens with two attached hydrogens (primary N) is 1. The van der Waals surface area contributed by atoms with Crippen LogP contribution in [0, 0.1) is 0 Å². The molecule has 1 heterocycles. The summed E-state index contributed by atoms with van der Waals surface area (Å²) in [6.07, 6.45) is 2.48. The number of halogens is 1. The molecule has 6 heteroatoms. The lowest BCUT2D eigenvalue weighted by Gasteiger charge is -1.94. The van der Waals surface area contributed by atoms with Crippen molar-refractivity contribution < 1.29 is 8.42 Å². The second-order valence-corrected chi connectivity index (χ2v) is 4.46. The maximum atomic E-state index is 10.7. The zero-order valence-corrected chi connectivity index (χ0v) is 6.93. The molecule has 0 unspecified atom stereocenters. The molecule has 0 bridgehead atoms. The van der Waals surface area contributed by atoms with Crippen LogP contribution in [0.25, 0.3) is 0 Å². The Morgan fingerprint density at radius 1 is 1.45 bits per heavy atom. The molecule has 0 radical (unpaired) electrons. The van der Waals surface area contributed by atoms with Gasteiger partial charge in [0, 0.05) is 23.1 Å². The third-order valence-electron chi connectivity index (χ3n) is 1.02. The third-order valence-corrected chi connectivity index (χ3v) is 2.34. The average Bonchev–Trinajstić information content (AvgIpc) is 1.86. The smallest absolute Gasteiger partial charge is 0.262 e. The lowest BCUT2D eigenvalue weighted by molar-refractivity contribution is 0.609. The topological polar surface area (TPSA) is 73.0 Å². The molecular formula is C5H5ClN2O2S. The average molecular weight is 193 g/mol. The van der Waals surface area contributed by atoms with Crippen molar-refractivity contribution in [2.24, 2.45) is 0 Å². The van der Waals surface area contributed by atoms with E-state index in [9.17, 15) is 8.42 Å². The van der Waals surface area contributed by atoms with Crippen LogP contribution in [-0.2, 0) is 9.05 Å². The van der Waals surface area contributed by atoms with Crippen LogP contribution >= 0.6 is 10.7 Å². The number of hydrogen-bond donors (Lipinski definition) is 1. The first-order valence-corrected chi connectivity index (χ1v) is 4.96. The molecule has 2 N–H and O–H groups in total. The lowest BCUT2D eigenvalue weighted by atomic mass is 10.4. The Bertz CT molecular complexity index is 363. The first kappa shape index (κ1) is 8.29. The monoisotopic (exact) mass is 192 g/mol. The molecule has 1 aromatic heterocycles. The summed E-state index contributed by atoms with van der Waals surface area (Å²) >= 11 is 0.